The van der Waals surface area contributed by atoms with Gasteiger partial charge in [-0.05, 0) is 11.8 Å². The quantitative estimate of drug-likeness (QED) is 0.335. The standard InChI is InChI=1S/C9H17N5O/c1-9(2,3)4-5-14-6-11-8(12-14)7(10)13-15/h6,15H,4-5H2,1-3H3,(H2,10,13). The summed E-state index contributed by atoms with van der Waals surface area (Å²) in [5.74, 6) is 0.191. The van der Waals surface area contributed by atoms with Crippen molar-refractivity contribution in [3.05, 3.63) is 12.2 Å². The van der Waals surface area contributed by atoms with Crippen LogP contribution in [0.5, 0.6) is 0 Å². The van der Waals surface area contributed by atoms with E-state index in [1.54, 1.807) is 11.0 Å². The van der Waals surface area contributed by atoms with Crippen molar-refractivity contribution < 1.29 is 5.21 Å². The molecule has 0 saturated heterocycles. The van der Waals surface area contributed by atoms with Gasteiger partial charge in [-0.1, -0.05) is 25.9 Å². The largest absolute Gasteiger partial charge is 0.409 e. The normalized spacial score (nSPS) is 13.1. The number of aromatic nitrogens is 3. The number of oxime groups is 1. The van der Waals surface area contributed by atoms with Gasteiger partial charge >= 0.3 is 0 Å². The Morgan fingerprint density at radius 2 is 2.27 bits per heavy atom. The number of aryl methyl sites for hydroxylation is 1. The number of nitrogens with zero attached hydrogens (tertiary/aromatic N) is 4. The third-order valence-electron chi connectivity index (χ3n) is 1.96. The highest BCUT2D eigenvalue weighted by Gasteiger charge is 2.11. The number of hydrogen-bond donors (Lipinski definition) is 2. The fourth-order valence-electron chi connectivity index (χ4n) is 1.01. The van der Waals surface area contributed by atoms with E-state index in [0.717, 1.165) is 13.0 Å². The van der Waals surface area contributed by atoms with Crippen LogP contribution < -0.4 is 5.73 Å². The van der Waals surface area contributed by atoms with Crippen molar-refractivity contribution in [1.29, 1.82) is 0 Å². The molecule has 0 aromatic carbocycles. The van der Waals surface area contributed by atoms with Crippen molar-refractivity contribution in [3.8, 4) is 0 Å². The molecule has 0 atom stereocenters. The summed E-state index contributed by atoms with van der Waals surface area (Å²) in [6.45, 7) is 7.26. The third kappa shape index (κ3) is 3.57. The maximum absolute atomic E-state index is 8.43. The first-order valence-corrected chi connectivity index (χ1v) is 4.80. The van der Waals surface area contributed by atoms with Gasteiger partial charge in [-0.2, -0.15) is 0 Å². The highest BCUT2D eigenvalue weighted by Crippen LogP contribution is 2.18. The molecular weight excluding hydrogens is 194 g/mol. The van der Waals surface area contributed by atoms with Crippen LogP contribution in [0.15, 0.2) is 11.5 Å². The highest BCUT2D eigenvalue weighted by atomic mass is 16.4. The predicted octanol–water partition coefficient (Wildman–Crippen LogP) is 0.809. The minimum Gasteiger partial charge on any atom is -0.409 e. The number of rotatable bonds is 3. The molecule has 0 aliphatic rings. The Hall–Kier alpha value is -1.59. The van der Waals surface area contributed by atoms with Crippen LogP contribution in [-0.4, -0.2) is 25.8 Å². The molecule has 0 bridgehead atoms. The maximum Gasteiger partial charge on any atom is 0.219 e. The molecule has 0 amide bonds. The van der Waals surface area contributed by atoms with E-state index in [4.69, 9.17) is 10.9 Å². The Labute approximate surface area is 88.8 Å². The van der Waals surface area contributed by atoms with Crippen molar-refractivity contribution in [3.63, 3.8) is 0 Å². The van der Waals surface area contributed by atoms with Crippen molar-refractivity contribution >= 4 is 5.84 Å². The monoisotopic (exact) mass is 211 g/mol. The number of nitrogens with two attached hydrogens (primary N) is 1. The zero-order valence-corrected chi connectivity index (χ0v) is 9.30. The van der Waals surface area contributed by atoms with Crippen molar-refractivity contribution in [1.82, 2.24) is 14.8 Å². The van der Waals surface area contributed by atoms with E-state index < -0.39 is 0 Å². The Bertz CT molecular complexity index is 350. The van der Waals surface area contributed by atoms with Crippen molar-refractivity contribution in [2.24, 2.45) is 16.3 Å². The van der Waals surface area contributed by atoms with Crippen LogP contribution in [0.25, 0.3) is 0 Å². The minimum atomic E-state index is -0.0653. The van der Waals surface area contributed by atoms with Crippen LogP contribution in [0.3, 0.4) is 0 Å². The molecule has 3 N–H and O–H groups in total. The van der Waals surface area contributed by atoms with Gasteiger partial charge in [0.2, 0.25) is 11.7 Å². The van der Waals surface area contributed by atoms with E-state index in [1.165, 1.54) is 0 Å². The Balaban J connectivity index is 2.61. The topological polar surface area (TPSA) is 89.3 Å². The van der Waals surface area contributed by atoms with Gasteiger partial charge in [-0.25, -0.2) is 4.98 Å². The summed E-state index contributed by atoms with van der Waals surface area (Å²) < 4.78 is 1.69. The fourth-order valence-corrected chi connectivity index (χ4v) is 1.01. The summed E-state index contributed by atoms with van der Waals surface area (Å²) in [7, 11) is 0. The van der Waals surface area contributed by atoms with Gasteiger partial charge in [0.1, 0.15) is 6.33 Å². The summed E-state index contributed by atoms with van der Waals surface area (Å²) >= 11 is 0. The second kappa shape index (κ2) is 4.29. The molecule has 0 aliphatic carbocycles. The zero-order chi connectivity index (χ0) is 11.5. The average Bonchev–Trinajstić information content (AvgIpc) is 2.61. The zero-order valence-electron chi connectivity index (χ0n) is 9.30. The Kier molecular flexibility index (Phi) is 3.28. The third-order valence-corrected chi connectivity index (χ3v) is 1.96. The molecular formula is C9H17N5O. The molecule has 15 heavy (non-hydrogen) atoms. The predicted molar refractivity (Wildman–Crippen MR) is 56.6 cm³/mol. The molecule has 6 nitrogen and oxygen atoms in total. The first-order valence-electron chi connectivity index (χ1n) is 4.80. The maximum atomic E-state index is 8.43. The second-order valence-corrected chi connectivity index (χ2v) is 4.63. The summed E-state index contributed by atoms with van der Waals surface area (Å²) in [6, 6.07) is 0. The lowest BCUT2D eigenvalue weighted by molar-refractivity contribution is 0.318. The average molecular weight is 211 g/mol. The van der Waals surface area contributed by atoms with Crippen LogP contribution in [-0.2, 0) is 6.54 Å². The van der Waals surface area contributed by atoms with Gasteiger partial charge < -0.3 is 10.9 Å². The molecule has 0 radical (unpaired) electrons. The molecule has 1 aromatic rings. The summed E-state index contributed by atoms with van der Waals surface area (Å²) in [4.78, 5) is 3.92. The first kappa shape index (κ1) is 11.5. The van der Waals surface area contributed by atoms with E-state index in [2.05, 4.69) is 36.0 Å². The van der Waals surface area contributed by atoms with Gasteiger partial charge in [0, 0.05) is 6.54 Å². The second-order valence-electron chi connectivity index (χ2n) is 4.63. The molecule has 0 unspecified atom stereocenters. The SMILES string of the molecule is CC(C)(C)CCn1cnc(C(N)=NO)n1. The van der Waals surface area contributed by atoms with E-state index in [9.17, 15) is 0 Å². The summed E-state index contributed by atoms with van der Waals surface area (Å²) in [5.41, 5.74) is 5.60. The molecule has 1 rings (SSSR count). The summed E-state index contributed by atoms with van der Waals surface area (Å²) in [5, 5.41) is 15.3. The molecule has 0 spiro atoms. The van der Waals surface area contributed by atoms with E-state index in [-0.39, 0.29) is 17.1 Å². The van der Waals surface area contributed by atoms with Gasteiger partial charge in [0.25, 0.3) is 0 Å². The molecule has 1 aromatic heterocycles. The molecule has 1 heterocycles. The smallest absolute Gasteiger partial charge is 0.219 e. The summed E-state index contributed by atoms with van der Waals surface area (Å²) in [6.07, 6.45) is 2.57. The fraction of sp³-hybridized carbons (Fsp3) is 0.667. The van der Waals surface area contributed by atoms with Gasteiger partial charge in [0.05, 0.1) is 0 Å². The van der Waals surface area contributed by atoms with Gasteiger partial charge in [-0.15, -0.1) is 5.10 Å². The van der Waals surface area contributed by atoms with Crippen molar-refractivity contribution in [2.45, 2.75) is 33.7 Å². The lowest BCUT2D eigenvalue weighted by Gasteiger charge is -2.17. The minimum absolute atomic E-state index is 0.0653. The number of amidine groups is 1. The van der Waals surface area contributed by atoms with E-state index in [0.29, 0.717) is 0 Å². The lowest BCUT2D eigenvalue weighted by atomic mass is 9.92. The van der Waals surface area contributed by atoms with Gasteiger partial charge in [-0.3, -0.25) is 4.68 Å². The van der Waals surface area contributed by atoms with Crippen LogP contribution in [0.4, 0.5) is 0 Å². The molecule has 84 valence electrons. The Morgan fingerprint density at radius 1 is 1.60 bits per heavy atom. The molecule has 0 fully saturated rings. The molecule has 6 heteroatoms. The van der Waals surface area contributed by atoms with Crippen LogP contribution in [0.1, 0.15) is 33.0 Å². The first-order chi connectivity index (χ1) is 6.92. The van der Waals surface area contributed by atoms with Gasteiger partial charge in [0.15, 0.2) is 0 Å². The number of hydrogen-bond acceptors (Lipinski definition) is 4. The lowest BCUT2D eigenvalue weighted by Crippen LogP contribution is -2.16. The molecule has 0 aliphatic heterocycles. The van der Waals surface area contributed by atoms with Crippen molar-refractivity contribution in [2.75, 3.05) is 0 Å². The van der Waals surface area contributed by atoms with E-state index in [1.807, 2.05) is 0 Å². The highest BCUT2D eigenvalue weighted by molar-refractivity contribution is 5.93. The Morgan fingerprint density at radius 3 is 2.80 bits per heavy atom. The van der Waals surface area contributed by atoms with Crippen LogP contribution in [0, 0.1) is 5.41 Å². The van der Waals surface area contributed by atoms with Crippen LogP contribution >= 0.6 is 0 Å². The molecule has 0 saturated carbocycles. The van der Waals surface area contributed by atoms with E-state index >= 15 is 0 Å². The van der Waals surface area contributed by atoms with Crippen LogP contribution in [0.2, 0.25) is 0 Å².